The highest BCUT2D eigenvalue weighted by atomic mass is 16.7. The number of benzene rings is 1. The van der Waals surface area contributed by atoms with Gasteiger partial charge in [0.2, 0.25) is 5.91 Å². The maximum absolute atomic E-state index is 11.8. The van der Waals surface area contributed by atoms with E-state index in [2.05, 4.69) is 5.32 Å². The molecule has 5 heteroatoms. The Morgan fingerprint density at radius 1 is 1.32 bits per heavy atom. The van der Waals surface area contributed by atoms with Crippen LogP contribution in [0.5, 0.6) is 0 Å². The van der Waals surface area contributed by atoms with E-state index >= 15 is 0 Å². The van der Waals surface area contributed by atoms with Crippen molar-refractivity contribution in [2.45, 2.75) is 12.7 Å². The van der Waals surface area contributed by atoms with Crippen LogP contribution in [0.15, 0.2) is 34.9 Å². The molecular formula is C14H17NO4. The summed E-state index contributed by atoms with van der Waals surface area (Å²) in [7, 11) is 3.06. The van der Waals surface area contributed by atoms with Crippen LogP contribution in [0.3, 0.4) is 0 Å². The van der Waals surface area contributed by atoms with E-state index < -0.39 is 6.29 Å². The molecule has 1 aromatic carbocycles. The number of amides is 1. The summed E-state index contributed by atoms with van der Waals surface area (Å²) in [6, 6.07) is 7.64. The highest BCUT2D eigenvalue weighted by Crippen LogP contribution is 2.20. The molecule has 0 saturated carbocycles. The normalized spacial score (nSPS) is 11.1. The van der Waals surface area contributed by atoms with Gasteiger partial charge < -0.3 is 19.2 Å². The Hall–Kier alpha value is -1.85. The lowest BCUT2D eigenvalue weighted by atomic mass is 10.1. The van der Waals surface area contributed by atoms with Crippen LogP contribution in [0.4, 0.5) is 0 Å². The maximum atomic E-state index is 11.8. The minimum absolute atomic E-state index is 0.0920. The van der Waals surface area contributed by atoms with Gasteiger partial charge in [-0.1, -0.05) is 18.2 Å². The third-order valence-corrected chi connectivity index (χ3v) is 2.90. The number of ether oxygens (including phenoxy) is 2. The quantitative estimate of drug-likeness (QED) is 0.806. The molecule has 1 N–H and O–H groups in total. The molecule has 0 aliphatic heterocycles. The van der Waals surface area contributed by atoms with Crippen LogP contribution in [-0.4, -0.2) is 33.0 Å². The molecule has 0 aliphatic carbocycles. The van der Waals surface area contributed by atoms with Crippen LogP contribution in [0.25, 0.3) is 11.0 Å². The van der Waals surface area contributed by atoms with Crippen molar-refractivity contribution in [1.29, 1.82) is 0 Å². The molecule has 1 heterocycles. The molecule has 0 spiro atoms. The molecule has 102 valence electrons. The lowest BCUT2D eigenvalue weighted by molar-refractivity contribution is -0.126. The summed E-state index contributed by atoms with van der Waals surface area (Å²) >= 11 is 0. The van der Waals surface area contributed by atoms with Gasteiger partial charge >= 0.3 is 0 Å². The maximum Gasteiger partial charge on any atom is 0.224 e. The second-order valence-corrected chi connectivity index (χ2v) is 4.14. The number of carbonyl (C=O) groups is 1. The van der Waals surface area contributed by atoms with Gasteiger partial charge in [-0.05, 0) is 6.07 Å². The van der Waals surface area contributed by atoms with Gasteiger partial charge in [0.05, 0.1) is 19.2 Å². The standard InChI is InChI=1S/C14H17NO4/c1-17-14(18-2)8-15-13(16)7-10-9-19-12-6-4-3-5-11(10)12/h3-6,9,14H,7-8H2,1-2H3,(H,15,16). The number of furan rings is 1. The molecular weight excluding hydrogens is 246 g/mol. The second kappa shape index (κ2) is 6.36. The molecule has 0 fully saturated rings. The molecule has 1 aromatic heterocycles. The molecule has 19 heavy (non-hydrogen) atoms. The van der Waals surface area contributed by atoms with Crippen molar-refractivity contribution in [2.75, 3.05) is 20.8 Å². The number of hydrogen-bond acceptors (Lipinski definition) is 4. The zero-order chi connectivity index (χ0) is 13.7. The van der Waals surface area contributed by atoms with E-state index in [-0.39, 0.29) is 12.3 Å². The SMILES string of the molecule is COC(CNC(=O)Cc1coc2ccccc12)OC. The lowest BCUT2D eigenvalue weighted by Gasteiger charge is -2.13. The molecule has 0 radical (unpaired) electrons. The van der Waals surface area contributed by atoms with Crippen LogP contribution < -0.4 is 5.32 Å². The smallest absolute Gasteiger partial charge is 0.224 e. The summed E-state index contributed by atoms with van der Waals surface area (Å²) in [5.74, 6) is -0.0920. The summed E-state index contributed by atoms with van der Waals surface area (Å²) in [6.07, 6.45) is 1.47. The summed E-state index contributed by atoms with van der Waals surface area (Å²) in [5, 5.41) is 3.72. The second-order valence-electron chi connectivity index (χ2n) is 4.14. The first kappa shape index (κ1) is 13.6. The van der Waals surface area contributed by atoms with Crippen LogP contribution >= 0.6 is 0 Å². The molecule has 0 bridgehead atoms. The molecule has 2 aromatic rings. The Labute approximate surface area is 111 Å². The number of carbonyl (C=O) groups excluding carboxylic acids is 1. The zero-order valence-electron chi connectivity index (χ0n) is 11.0. The largest absolute Gasteiger partial charge is 0.464 e. The van der Waals surface area contributed by atoms with E-state index in [9.17, 15) is 4.79 Å². The van der Waals surface area contributed by atoms with E-state index in [0.717, 1.165) is 16.5 Å². The summed E-state index contributed by atoms with van der Waals surface area (Å²) in [6.45, 7) is 0.321. The number of fused-ring (bicyclic) bond motifs is 1. The number of nitrogens with one attached hydrogen (secondary N) is 1. The van der Waals surface area contributed by atoms with Crippen molar-refractivity contribution in [2.24, 2.45) is 0 Å². The van der Waals surface area contributed by atoms with E-state index in [1.54, 1.807) is 6.26 Å². The minimum atomic E-state index is -0.426. The predicted molar refractivity (Wildman–Crippen MR) is 70.7 cm³/mol. The Morgan fingerprint density at radius 2 is 2.05 bits per heavy atom. The van der Waals surface area contributed by atoms with Crippen molar-refractivity contribution < 1.29 is 18.7 Å². The highest BCUT2D eigenvalue weighted by Gasteiger charge is 2.11. The average molecular weight is 263 g/mol. The third kappa shape index (κ3) is 3.33. The first-order chi connectivity index (χ1) is 9.24. The number of methoxy groups -OCH3 is 2. The Morgan fingerprint density at radius 3 is 2.79 bits per heavy atom. The third-order valence-electron chi connectivity index (χ3n) is 2.90. The fourth-order valence-electron chi connectivity index (χ4n) is 1.87. The van der Waals surface area contributed by atoms with Crippen LogP contribution in [0, 0.1) is 0 Å². The van der Waals surface area contributed by atoms with Gasteiger partial charge in [0, 0.05) is 25.2 Å². The Bertz CT molecular complexity index is 545. The molecule has 0 atom stereocenters. The van der Waals surface area contributed by atoms with Gasteiger partial charge in [-0.3, -0.25) is 4.79 Å². The summed E-state index contributed by atoms with van der Waals surface area (Å²) in [5.41, 5.74) is 1.66. The van der Waals surface area contributed by atoms with Gasteiger partial charge in [0.15, 0.2) is 6.29 Å². The van der Waals surface area contributed by atoms with E-state index in [1.165, 1.54) is 14.2 Å². The first-order valence-electron chi connectivity index (χ1n) is 6.02. The van der Waals surface area contributed by atoms with Gasteiger partial charge in [0.1, 0.15) is 5.58 Å². The first-order valence-corrected chi connectivity index (χ1v) is 6.02. The van der Waals surface area contributed by atoms with Gasteiger partial charge in [-0.25, -0.2) is 0 Å². The van der Waals surface area contributed by atoms with Crippen molar-refractivity contribution in [3.63, 3.8) is 0 Å². The molecule has 0 aliphatic rings. The molecule has 0 unspecified atom stereocenters. The van der Waals surface area contributed by atoms with E-state index in [0.29, 0.717) is 6.54 Å². The Kier molecular flexibility index (Phi) is 4.54. The minimum Gasteiger partial charge on any atom is -0.464 e. The molecule has 1 amide bonds. The summed E-state index contributed by atoms with van der Waals surface area (Å²) in [4.78, 5) is 11.8. The molecule has 2 rings (SSSR count). The molecule has 5 nitrogen and oxygen atoms in total. The molecule has 0 saturated heterocycles. The van der Waals surface area contributed by atoms with Gasteiger partial charge in [0.25, 0.3) is 0 Å². The van der Waals surface area contributed by atoms with Crippen LogP contribution in [0.1, 0.15) is 5.56 Å². The predicted octanol–water partition coefficient (Wildman–Crippen LogP) is 1.71. The van der Waals surface area contributed by atoms with Crippen LogP contribution in [-0.2, 0) is 20.7 Å². The number of rotatable bonds is 6. The van der Waals surface area contributed by atoms with E-state index in [1.807, 2.05) is 24.3 Å². The lowest BCUT2D eigenvalue weighted by Crippen LogP contribution is -2.34. The Balaban J connectivity index is 1.95. The van der Waals surface area contributed by atoms with E-state index in [4.69, 9.17) is 13.9 Å². The van der Waals surface area contributed by atoms with Crippen molar-refractivity contribution in [3.05, 3.63) is 36.1 Å². The van der Waals surface area contributed by atoms with Crippen molar-refractivity contribution in [3.8, 4) is 0 Å². The number of para-hydroxylation sites is 1. The monoisotopic (exact) mass is 263 g/mol. The number of hydrogen-bond donors (Lipinski definition) is 1. The average Bonchev–Trinajstić information content (AvgIpc) is 2.83. The van der Waals surface area contributed by atoms with Crippen molar-refractivity contribution >= 4 is 16.9 Å². The van der Waals surface area contributed by atoms with Gasteiger partial charge in [-0.15, -0.1) is 0 Å². The van der Waals surface area contributed by atoms with Crippen LogP contribution in [0.2, 0.25) is 0 Å². The fourth-order valence-corrected chi connectivity index (χ4v) is 1.87. The summed E-state index contributed by atoms with van der Waals surface area (Å²) < 4.78 is 15.4. The van der Waals surface area contributed by atoms with Crippen molar-refractivity contribution in [1.82, 2.24) is 5.32 Å². The zero-order valence-corrected chi connectivity index (χ0v) is 11.0. The topological polar surface area (TPSA) is 60.7 Å². The fraction of sp³-hybridized carbons (Fsp3) is 0.357. The van der Waals surface area contributed by atoms with Gasteiger partial charge in [-0.2, -0.15) is 0 Å². The highest BCUT2D eigenvalue weighted by molar-refractivity contribution is 5.87.